The number of esters is 1. The van der Waals surface area contributed by atoms with Crippen LogP contribution in [0.4, 0.5) is 4.39 Å². The van der Waals surface area contributed by atoms with Gasteiger partial charge in [0.1, 0.15) is 5.56 Å². The Morgan fingerprint density at radius 2 is 2.13 bits per heavy atom. The van der Waals surface area contributed by atoms with Crippen LogP contribution in [0.25, 0.3) is 5.52 Å². The molecule has 1 aliphatic carbocycles. The molecule has 2 aromatic rings. The van der Waals surface area contributed by atoms with Crippen LogP contribution in [0.1, 0.15) is 54.1 Å². The number of carbonyl (C=O) groups excluding carboxylic acids is 1. The molecular formula is C17H17ClFNO3. The maximum absolute atomic E-state index is 14.1. The molecule has 0 aliphatic heterocycles. The summed E-state index contributed by atoms with van der Waals surface area (Å²) in [6.07, 6.45) is 3.52. The van der Waals surface area contributed by atoms with Crippen LogP contribution in [0.3, 0.4) is 0 Å². The van der Waals surface area contributed by atoms with Crippen LogP contribution in [-0.2, 0) is 11.2 Å². The van der Waals surface area contributed by atoms with Crippen molar-refractivity contribution in [1.29, 1.82) is 0 Å². The van der Waals surface area contributed by atoms with E-state index in [0.717, 1.165) is 24.6 Å². The number of carbonyl (C=O) groups is 1. The second-order valence-electron chi connectivity index (χ2n) is 5.65. The Balaban J connectivity index is 2.40. The van der Waals surface area contributed by atoms with E-state index in [1.165, 1.54) is 4.40 Å². The van der Waals surface area contributed by atoms with Gasteiger partial charge in [0.2, 0.25) is 0 Å². The van der Waals surface area contributed by atoms with Crippen LogP contribution in [0.2, 0.25) is 5.02 Å². The molecule has 6 heteroatoms. The van der Waals surface area contributed by atoms with Crippen LogP contribution in [-0.4, -0.2) is 17.0 Å². The van der Waals surface area contributed by atoms with E-state index in [2.05, 4.69) is 0 Å². The number of rotatable bonds is 4. The predicted octanol–water partition coefficient (Wildman–Crippen LogP) is 3.71. The summed E-state index contributed by atoms with van der Waals surface area (Å²) >= 11 is 6.09. The Morgan fingerprint density at radius 3 is 2.70 bits per heavy atom. The fourth-order valence-electron chi connectivity index (χ4n) is 2.90. The minimum atomic E-state index is -0.679. The van der Waals surface area contributed by atoms with E-state index >= 15 is 0 Å². The van der Waals surface area contributed by atoms with Gasteiger partial charge >= 0.3 is 5.97 Å². The number of hydrogen-bond donors (Lipinski definition) is 0. The van der Waals surface area contributed by atoms with Crippen molar-refractivity contribution in [3.63, 3.8) is 0 Å². The molecule has 4 nitrogen and oxygen atoms in total. The van der Waals surface area contributed by atoms with Crippen molar-refractivity contribution in [3.8, 4) is 0 Å². The van der Waals surface area contributed by atoms with E-state index < -0.39 is 17.3 Å². The maximum atomic E-state index is 14.1. The summed E-state index contributed by atoms with van der Waals surface area (Å²) in [5, 5.41) is 0.0395. The minimum Gasteiger partial charge on any atom is -0.462 e. The molecule has 2 aromatic heterocycles. The zero-order valence-corrected chi connectivity index (χ0v) is 13.7. The van der Waals surface area contributed by atoms with Crippen molar-refractivity contribution >= 4 is 23.1 Å². The predicted molar refractivity (Wildman–Crippen MR) is 85.9 cm³/mol. The van der Waals surface area contributed by atoms with Gasteiger partial charge < -0.3 is 4.74 Å². The average Bonchev–Trinajstić information content (AvgIpc) is 3.35. The van der Waals surface area contributed by atoms with Crippen molar-refractivity contribution < 1.29 is 13.9 Å². The van der Waals surface area contributed by atoms with Gasteiger partial charge in [0.05, 0.1) is 17.1 Å². The van der Waals surface area contributed by atoms with E-state index in [1.54, 1.807) is 13.0 Å². The number of ether oxygens (including phenoxy) is 1. The van der Waals surface area contributed by atoms with Crippen LogP contribution in [0.15, 0.2) is 17.1 Å². The van der Waals surface area contributed by atoms with Crippen LogP contribution >= 0.6 is 11.6 Å². The van der Waals surface area contributed by atoms with Crippen molar-refractivity contribution in [2.24, 2.45) is 0 Å². The molecule has 0 atom stereocenters. The molecular weight excluding hydrogens is 321 g/mol. The summed E-state index contributed by atoms with van der Waals surface area (Å²) in [5.41, 5.74) is 1.45. The monoisotopic (exact) mass is 337 g/mol. The Morgan fingerprint density at radius 1 is 1.43 bits per heavy atom. The summed E-state index contributed by atoms with van der Waals surface area (Å²) in [6.45, 7) is 3.71. The molecule has 0 radical (unpaired) electrons. The zero-order chi connectivity index (χ0) is 16.7. The van der Waals surface area contributed by atoms with Crippen molar-refractivity contribution in [1.82, 2.24) is 4.40 Å². The highest BCUT2D eigenvalue weighted by Crippen LogP contribution is 2.43. The van der Waals surface area contributed by atoms with E-state index in [1.807, 2.05) is 6.92 Å². The second-order valence-corrected chi connectivity index (χ2v) is 6.03. The topological polar surface area (TPSA) is 47.8 Å². The number of pyridine rings is 2. The fourth-order valence-corrected chi connectivity index (χ4v) is 3.17. The summed E-state index contributed by atoms with van der Waals surface area (Å²) in [7, 11) is 0. The summed E-state index contributed by atoms with van der Waals surface area (Å²) in [6, 6.07) is 1.60. The smallest absolute Gasteiger partial charge is 0.343 e. The quantitative estimate of drug-likeness (QED) is 0.799. The molecule has 0 aromatic carbocycles. The first-order chi connectivity index (χ1) is 11.0. The summed E-state index contributed by atoms with van der Waals surface area (Å²) in [4.78, 5) is 24.7. The third-order valence-electron chi connectivity index (χ3n) is 4.13. The number of nitrogens with zero attached hydrogens (tertiary/aromatic N) is 1. The molecule has 0 saturated heterocycles. The van der Waals surface area contributed by atoms with Gasteiger partial charge in [0, 0.05) is 6.20 Å². The zero-order valence-electron chi connectivity index (χ0n) is 13.0. The molecule has 23 heavy (non-hydrogen) atoms. The lowest BCUT2D eigenvalue weighted by Gasteiger charge is -2.15. The van der Waals surface area contributed by atoms with E-state index in [0.29, 0.717) is 17.5 Å². The number of hydrogen-bond acceptors (Lipinski definition) is 3. The van der Waals surface area contributed by atoms with Crippen molar-refractivity contribution in [3.05, 3.63) is 50.1 Å². The van der Waals surface area contributed by atoms with Gasteiger partial charge in [-0.3, -0.25) is 9.20 Å². The lowest BCUT2D eigenvalue weighted by Crippen LogP contribution is -2.25. The Bertz CT molecular complexity index is 855. The number of halogens is 2. The lowest BCUT2D eigenvalue weighted by atomic mass is 10.0. The van der Waals surface area contributed by atoms with Crippen LogP contribution < -0.4 is 5.56 Å². The largest absolute Gasteiger partial charge is 0.462 e. The highest BCUT2D eigenvalue weighted by atomic mass is 35.5. The Labute approximate surface area is 137 Å². The van der Waals surface area contributed by atoms with E-state index in [9.17, 15) is 14.0 Å². The van der Waals surface area contributed by atoms with Gasteiger partial charge in [-0.15, -0.1) is 0 Å². The van der Waals surface area contributed by atoms with Gasteiger partial charge in [-0.05, 0) is 49.3 Å². The lowest BCUT2D eigenvalue weighted by molar-refractivity contribution is 0.0524. The molecule has 0 bridgehead atoms. The van der Waals surface area contributed by atoms with E-state index in [4.69, 9.17) is 16.3 Å². The molecule has 1 aliphatic rings. The third kappa shape index (κ3) is 2.63. The minimum absolute atomic E-state index is 0.0395. The fraction of sp³-hybridized carbons (Fsp3) is 0.412. The Hall–Kier alpha value is -1.88. The van der Waals surface area contributed by atoms with Crippen molar-refractivity contribution in [2.45, 2.75) is 39.0 Å². The van der Waals surface area contributed by atoms with Crippen molar-refractivity contribution in [2.75, 3.05) is 6.61 Å². The van der Waals surface area contributed by atoms with Gasteiger partial charge in [0.25, 0.3) is 5.56 Å². The number of fused-ring (bicyclic) bond motifs is 1. The Kier molecular flexibility index (Phi) is 4.15. The van der Waals surface area contributed by atoms with Gasteiger partial charge in [0.15, 0.2) is 5.82 Å². The van der Waals surface area contributed by atoms with Crippen LogP contribution in [0, 0.1) is 5.82 Å². The first kappa shape index (κ1) is 16.0. The molecule has 0 unspecified atom stereocenters. The van der Waals surface area contributed by atoms with Gasteiger partial charge in [-0.25, -0.2) is 9.18 Å². The molecule has 1 fully saturated rings. The molecule has 0 N–H and O–H groups in total. The normalized spacial score (nSPS) is 14.3. The molecule has 3 rings (SSSR count). The first-order valence-corrected chi connectivity index (χ1v) is 8.10. The number of aromatic nitrogens is 1. The maximum Gasteiger partial charge on any atom is 0.343 e. The molecule has 1 saturated carbocycles. The molecule has 0 spiro atoms. The molecule has 0 amide bonds. The standard InChI is InChI=1S/C17H17ClFNO3/c1-3-10-14(18)13(19)8-20-15(10)11(9-5-6-9)7-12(16(20)21)17(22)23-4-2/h7-9H,3-6H2,1-2H3. The number of aryl methyl sites for hydroxylation is 1. The van der Waals surface area contributed by atoms with Crippen LogP contribution in [0.5, 0.6) is 0 Å². The summed E-state index contributed by atoms with van der Waals surface area (Å²) in [5.74, 6) is -1.08. The highest BCUT2D eigenvalue weighted by molar-refractivity contribution is 6.32. The van der Waals surface area contributed by atoms with Gasteiger partial charge in [-0.1, -0.05) is 18.5 Å². The van der Waals surface area contributed by atoms with E-state index in [-0.39, 0.29) is 23.1 Å². The highest BCUT2D eigenvalue weighted by Gasteiger charge is 2.30. The third-order valence-corrected chi connectivity index (χ3v) is 4.54. The molecule has 2 heterocycles. The SMILES string of the molecule is CCOC(=O)c1cc(C2CC2)c2c(CC)c(Cl)c(F)cn2c1=O. The average molecular weight is 338 g/mol. The molecule has 122 valence electrons. The first-order valence-electron chi connectivity index (χ1n) is 7.72. The van der Waals surface area contributed by atoms with Gasteiger partial charge in [-0.2, -0.15) is 0 Å². The second kappa shape index (κ2) is 5.96. The summed E-state index contributed by atoms with van der Waals surface area (Å²) < 4.78 is 20.3.